The third kappa shape index (κ3) is 3.80. The minimum Gasteiger partial charge on any atom is -0.496 e. The zero-order valence-electron chi connectivity index (χ0n) is 13.8. The molecule has 1 N–H and O–H groups in total. The van der Waals surface area contributed by atoms with Crippen molar-refractivity contribution in [1.82, 2.24) is 9.62 Å². The molecule has 0 unspecified atom stereocenters. The summed E-state index contributed by atoms with van der Waals surface area (Å²) in [5, 5.41) is -0.298. The molecule has 0 spiro atoms. The lowest BCUT2D eigenvalue weighted by Gasteiger charge is -2.18. The van der Waals surface area contributed by atoms with Gasteiger partial charge in [0.25, 0.3) is 0 Å². The molecule has 0 amide bonds. The maximum absolute atomic E-state index is 12.1. The van der Waals surface area contributed by atoms with Crippen LogP contribution in [0.3, 0.4) is 0 Å². The first-order chi connectivity index (χ1) is 10.4. The van der Waals surface area contributed by atoms with Crippen molar-refractivity contribution in [1.29, 1.82) is 0 Å². The van der Waals surface area contributed by atoms with Crippen LogP contribution in [0, 0.1) is 13.8 Å². The first-order valence-electron chi connectivity index (χ1n) is 7.72. The molecule has 1 aromatic rings. The summed E-state index contributed by atoms with van der Waals surface area (Å²) in [4.78, 5) is 2.21. The van der Waals surface area contributed by atoms with Gasteiger partial charge in [-0.2, -0.15) is 0 Å². The van der Waals surface area contributed by atoms with Gasteiger partial charge in [-0.05, 0) is 43.5 Å². The monoisotopic (exact) mass is 326 g/mol. The topological polar surface area (TPSA) is 58.6 Å². The molecule has 2 rings (SSSR count). The van der Waals surface area contributed by atoms with Crippen LogP contribution in [0.2, 0.25) is 0 Å². The lowest BCUT2D eigenvalue weighted by Crippen LogP contribution is -2.36. The van der Waals surface area contributed by atoms with Gasteiger partial charge in [0.15, 0.2) is 0 Å². The summed E-state index contributed by atoms with van der Waals surface area (Å²) in [5.74, 6) is 0.928. The van der Waals surface area contributed by atoms with Crippen LogP contribution in [0.4, 0.5) is 0 Å². The molecule has 0 aliphatic carbocycles. The first-order valence-corrected chi connectivity index (χ1v) is 9.27. The normalized spacial score (nSPS) is 19.5. The summed E-state index contributed by atoms with van der Waals surface area (Å²) in [6.07, 6.45) is 0.698. The molecule has 6 heteroatoms. The standard InChI is InChI=1S/C16H26N2O3S/c1-5-17-22(19,20)15-6-7-18(11-15)10-14-8-12(2)16(21-4)13(3)9-14/h8-9,15,17H,5-7,10-11H2,1-4H3/t15-/m1/s1. The number of methoxy groups -OCH3 is 1. The van der Waals surface area contributed by atoms with Crippen molar-refractivity contribution < 1.29 is 13.2 Å². The molecule has 1 heterocycles. The van der Waals surface area contributed by atoms with Gasteiger partial charge in [0.1, 0.15) is 5.75 Å². The number of sulfonamides is 1. The summed E-state index contributed by atoms with van der Waals surface area (Å²) in [7, 11) is -1.49. The van der Waals surface area contributed by atoms with E-state index in [0.717, 1.165) is 30.0 Å². The number of nitrogens with one attached hydrogen (secondary N) is 1. The molecule has 0 bridgehead atoms. The van der Waals surface area contributed by atoms with Gasteiger partial charge in [-0.25, -0.2) is 13.1 Å². The van der Waals surface area contributed by atoms with Crippen LogP contribution >= 0.6 is 0 Å². The lowest BCUT2D eigenvalue weighted by atomic mass is 10.1. The predicted molar refractivity (Wildman–Crippen MR) is 88.7 cm³/mol. The highest BCUT2D eigenvalue weighted by molar-refractivity contribution is 7.90. The molecule has 1 saturated heterocycles. The maximum atomic E-state index is 12.1. The quantitative estimate of drug-likeness (QED) is 0.866. The van der Waals surface area contributed by atoms with Gasteiger partial charge >= 0.3 is 0 Å². The second-order valence-electron chi connectivity index (χ2n) is 5.95. The van der Waals surface area contributed by atoms with Crippen molar-refractivity contribution in [2.75, 3.05) is 26.7 Å². The zero-order valence-corrected chi connectivity index (χ0v) is 14.7. The van der Waals surface area contributed by atoms with E-state index in [-0.39, 0.29) is 5.25 Å². The van der Waals surface area contributed by atoms with Crippen molar-refractivity contribution in [2.45, 2.75) is 39.0 Å². The summed E-state index contributed by atoms with van der Waals surface area (Å²) >= 11 is 0. The van der Waals surface area contributed by atoms with Crippen molar-refractivity contribution >= 4 is 10.0 Å². The van der Waals surface area contributed by atoms with E-state index in [0.29, 0.717) is 19.5 Å². The SMILES string of the molecule is CCNS(=O)(=O)[C@@H]1CCN(Cc2cc(C)c(OC)c(C)c2)C1. The number of aryl methyl sites for hydroxylation is 2. The Kier molecular flexibility index (Phi) is 5.47. The Hall–Kier alpha value is -1.11. The number of benzene rings is 1. The minimum atomic E-state index is -3.17. The fourth-order valence-corrected chi connectivity index (χ4v) is 4.69. The van der Waals surface area contributed by atoms with E-state index >= 15 is 0 Å². The van der Waals surface area contributed by atoms with Crippen LogP contribution in [-0.2, 0) is 16.6 Å². The van der Waals surface area contributed by atoms with E-state index in [1.165, 1.54) is 5.56 Å². The Morgan fingerprint density at radius 1 is 1.32 bits per heavy atom. The summed E-state index contributed by atoms with van der Waals surface area (Å²) in [6, 6.07) is 4.25. The summed E-state index contributed by atoms with van der Waals surface area (Å²) < 4.78 is 32.1. The van der Waals surface area contributed by atoms with Gasteiger partial charge < -0.3 is 4.74 Å². The molecular formula is C16H26N2O3S. The second-order valence-corrected chi connectivity index (χ2v) is 8.00. The van der Waals surface area contributed by atoms with Crippen LogP contribution in [-0.4, -0.2) is 45.3 Å². The Morgan fingerprint density at radius 2 is 1.95 bits per heavy atom. The molecule has 0 aromatic heterocycles. The first kappa shape index (κ1) is 17.2. The molecular weight excluding hydrogens is 300 g/mol. The third-order valence-corrected chi connectivity index (χ3v) is 6.10. The fraction of sp³-hybridized carbons (Fsp3) is 0.625. The number of ether oxygens (including phenoxy) is 1. The largest absolute Gasteiger partial charge is 0.496 e. The molecule has 1 aliphatic heterocycles. The highest BCUT2D eigenvalue weighted by Gasteiger charge is 2.32. The van der Waals surface area contributed by atoms with Crippen molar-refractivity contribution in [3.05, 3.63) is 28.8 Å². The van der Waals surface area contributed by atoms with E-state index in [4.69, 9.17) is 4.74 Å². The third-order valence-electron chi connectivity index (χ3n) is 4.14. The van der Waals surface area contributed by atoms with Gasteiger partial charge in [-0.1, -0.05) is 19.1 Å². The molecule has 0 radical (unpaired) electrons. The van der Waals surface area contributed by atoms with E-state index in [2.05, 4.69) is 21.8 Å². The molecule has 1 fully saturated rings. The molecule has 1 atom stereocenters. The number of hydrogen-bond acceptors (Lipinski definition) is 4. The van der Waals surface area contributed by atoms with Gasteiger partial charge in [-0.3, -0.25) is 4.90 Å². The van der Waals surface area contributed by atoms with Crippen LogP contribution in [0.25, 0.3) is 0 Å². The predicted octanol–water partition coefficient (Wildman–Crippen LogP) is 1.83. The Labute approximate surface area is 133 Å². The summed E-state index contributed by atoms with van der Waals surface area (Å²) in [6.45, 7) is 8.54. The van der Waals surface area contributed by atoms with Crippen LogP contribution < -0.4 is 9.46 Å². The zero-order chi connectivity index (χ0) is 16.3. The maximum Gasteiger partial charge on any atom is 0.215 e. The Balaban J connectivity index is 2.05. The molecule has 124 valence electrons. The van der Waals surface area contributed by atoms with Crippen LogP contribution in [0.5, 0.6) is 5.75 Å². The molecule has 22 heavy (non-hydrogen) atoms. The summed E-state index contributed by atoms with van der Waals surface area (Å²) in [5.41, 5.74) is 3.44. The van der Waals surface area contributed by atoms with E-state index in [1.54, 1.807) is 7.11 Å². The van der Waals surface area contributed by atoms with E-state index < -0.39 is 10.0 Å². The number of rotatable bonds is 6. The van der Waals surface area contributed by atoms with Gasteiger partial charge in [0.2, 0.25) is 10.0 Å². The van der Waals surface area contributed by atoms with Gasteiger partial charge in [0.05, 0.1) is 12.4 Å². The average molecular weight is 326 g/mol. The van der Waals surface area contributed by atoms with Crippen molar-refractivity contribution in [3.63, 3.8) is 0 Å². The van der Waals surface area contributed by atoms with Crippen molar-refractivity contribution in [2.24, 2.45) is 0 Å². The highest BCUT2D eigenvalue weighted by atomic mass is 32.2. The molecule has 0 saturated carbocycles. The number of nitrogens with zero attached hydrogens (tertiary/aromatic N) is 1. The average Bonchev–Trinajstić information content (AvgIpc) is 2.87. The van der Waals surface area contributed by atoms with Crippen LogP contribution in [0.1, 0.15) is 30.0 Å². The van der Waals surface area contributed by atoms with E-state index in [9.17, 15) is 8.42 Å². The Bertz CT molecular complexity index is 605. The Morgan fingerprint density at radius 3 is 2.50 bits per heavy atom. The van der Waals surface area contributed by atoms with Crippen molar-refractivity contribution in [3.8, 4) is 5.75 Å². The van der Waals surface area contributed by atoms with Crippen LogP contribution in [0.15, 0.2) is 12.1 Å². The second kappa shape index (κ2) is 6.98. The van der Waals surface area contributed by atoms with Gasteiger partial charge in [0, 0.05) is 19.6 Å². The number of hydrogen-bond donors (Lipinski definition) is 1. The molecule has 1 aliphatic rings. The molecule has 1 aromatic carbocycles. The smallest absolute Gasteiger partial charge is 0.215 e. The van der Waals surface area contributed by atoms with E-state index in [1.807, 2.05) is 20.8 Å². The lowest BCUT2D eigenvalue weighted by molar-refractivity contribution is 0.330. The fourth-order valence-electron chi connectivity index (χ4n) is 3.22. The minimum absolute atomic E-state index is 0.298. The number of likely N-dealkylation sites (tertiary alicyclic amines) is 1. The van der Waals surface area contributed by atoms with Gasteiger partial charge in [-0.15, -0.1) is 0 Å². The highest BCUT2D eigenvalue weighted by Crippen LogP contribution is 2.26. The molecule has 5 nitrogen and oxygen atoms in total.